The number of nitrogens with zero attached hydrogens (tertiary/aromatic N) is 3. The van der Waals surface area contributed by atoms with Crippen LogP contribution in [0.2, 0.25) is 0 Å². The first-order valence-electron chi connectivity index (χ1n) is 7.68. The zero-order valence-corrected chi connectivity index (χ0v) is 12.4. The molecule has 0 radical (unpaired) electrons. The molecule has 1 aliphatic carbocycles. The lowest BCUT2D eigenvalue weighted by atomic mass is 9.95. The van der Waals surface area contributed by atoms with Crippen molar-refractivity contribution in [3.63, 3.8) is 0 Å². The van der Waals surface area contributed by atoms with E-state index in [0.717, 1.165) is 11.3 Å². The highest BCUT2D eigenvalue weighted by Gasteiger charge is 2.14. The van der Waals surface area contributed by atoms with Crippen LogP contribution in [0.3, 0.4) is 0 Å². The molecule has 0 bridgehead atoms. The van der Waals surface area contributed by atoms with E-state index in [1.165, 1.54) is 44.2 Å². The molecule has 1 aliphatic rings. The summed E-state index contributed by atoms with van der Waals surface area (Å²) >= 11 is 0. The summed E-state index contributed by atoms with van der Waals surface area (Å²) in [6.45, 7) is 0. The van der Waals surface area contributed by atoms with Crippen molar-refractivity contribution in [1.29, 1.82) is 0 Å². The number of aromatic nitrogens is 1. The van der Waals surface area contributed by atoms with Crippen LogP contribution < -0.4 is 0 Å². The summed E-state index contributed by atoms with van der Waals surface area (Å²) < 4.78 is 2.29. The van der Waals surface area contributed by atoms with Gasteiger partial charge in [0.25, 0.3) is 5.69 Å². The van der Waals surface area contributed by atoms with E-state index in [9.17, 15) is 10.1 Å². The molecule has 22 heavy (non-hydrogen) atoms. The Morgan fingerprint density at radius 1 is 1.14 bits per heavy atom. The molecule has 0 N–H and O–H groups in total. The fourth-order valence-electron chi connectivity index (χ4n) is 2.92. The summed E-state index contributed by atoms with van der Waals surface area (Å²) in [5.41, 5.74) is 1.86. The van der Waals surface area contributed by atoms with Gasteiger partial charge in [0.15, 0.2) is 0 Å². The zero-order valence-electron chi connectivity index (χ0n) is 12.4. The number of benzene rings is 1. The number of rotatable bonds is 4. The van der Waals surface area contributed by atoms with E-state index in [1.54, 1.807) is 18.3 Å². The molecule has 1 aromatic carbocycles. The molecule has 0 unspecified atom stereocenters. The minimum Gasteiger partial charge on any atom is -0.351 e. The van der Waals surface area contributed by atoms with Crippen LogP contribution in [0.1, 0.15) is 43.7 Å². The molecule has 0 saturated heterocycles. The smallest absolute Gasteiger partial charge is 0.269 e. The van der Waals surface area contributed by atoms with Crippen molar-refractivity contribution in [1.82, 2.24) is 4.57 Å². The molecule has 3 rings (SSSR count). The van der Waals surface area contributed by atoms with Crippen molar-refractivity contribution >= 4 is 17.6 Å². The van der Waals surface area contributed by atoms with Crippen LogP contribution in [0, 0.1) is 10.1 Å². The quantitative estimate of drug-likeness (QED) is 0.468. The van der Waals surface area contributed by atoms with Crippen LogP contribution in [0.4, 0.5) is 11.4 Å². The summed E-state index contributed by atoms with van der Waals surface area (Å²) in [5, 5.41) is 10.6. The number of hydrogen-bond acceptors (Lipinski definition) is 3. The van der Waals surface area contributed by atoms with Crippen molar-refractivity contribution in [2.45, 2.75) is 38.1 Å². The van der Waals surface area contributed by atoms with Crippen molar-refractivity contribution in [2.24, 2.45) is 4.99 Å². The van der Waals surface area contributed by atoms with Gasteiger partial charge in [0.2, 0.25) is 0 Å². The van der Waals surface area contributed by atoms with Gasteiger partial charge in [-0.2, -0.15) is 0 Å². The van der Waals surface area contributed by atoms with E-state index in [-0.39, 0.29) is 5.69 Å². The third kappa shape index (κ3) is 3.42. The zero-order chi connectivity index (χ0) is 15.4. The predicted molar refractivity (Wildman–Crippen MR) is 86.9 cm³/mol. The number of hydrogen-bond donors (Lipinski definition) is 0. The van der Waals surface area contributed by atoms with Crippen LogP contribution in [0.25, 0.3) is 0 Å². The van der Waals surface area contributed by atoms with Gasteiger partial charge in [-0.25, -0.2) is 0 Å². The van der Waals surface area contributed by atoms with Gasteiger partial charge >= 0.3 is 0 Å². The number of aliphatic imine (C=N–C) groups is 1. The molecule has 0 aliphatic heterocycles. The highest BCUT2D eigenvalue weighted by atomic mass is 16.6. The largest absolute Gasteiger partial charge is 0.351 e. The van der Waals surface area contributed by atoms with E-state index in [1.807, 2.05) is 0 Å². The fraction of sp³-hybridized carbons (Fsp3) is 0.353. The van der Waals surface area contributed by atoms with Gasteiger partial charge in [-0.05, 0) is 31.0 Å². The normalized spacial score (nSPS) is 16.2. The highest BCUT2D eigenvalue weighted by molar-refractivity contribution is 5.81. The van der Waals surface area contributed by atoms with Crippen LogP contribution >= 0.6 is 0 Å². The van der Waals surface area contributed by atoms with E-state index in [4.69, 9.17) is 0 Å². The van der Waals surface area contributed by atoms with Gasteiger partial charge in [0.05, 0.1) is 10.6 Å². The van der Waals surface area contributed by atoms with Gasteiger partial charge in [0, 0.05) is 42.3 Å². The third-order valence-electron chi connectivity index (χ3n) is 4.16. The maximum atomic E-state index is 10.6. The monoisotopic (exact) mass is 297 g/mol. The lowest BCUT2D eigenvalue weighted by molar-refractivity contribution is -0.384. The average Bonchev–Trinajstić information content (AvgIpc) is 3.03. The summed E-state index contributed by atoms with van der Waals surface area (Å²) in [6.07, 6.45) is 12.6. The van der Waals surface area contributed by atoms with Gasteiger partial charge in [-0.3, -0.25) is 15.1 Å². The Hall–Kier alpha value is -2.43. The average molecular weight is 297 g/mol. The summed E-state index contributed by atoms with van der Waals surface area (Å²) in [6, 6.07) is 8.94. The van der Waals surface area contributed by atoms with E-state index < -0.39 is 4.92 Å². The first-order valence-corrected chi connectivity index (χ1v) is 7.68. The molecule has 1 saturated carbocycles. The molecule has 1 fully saturated rings. The Kier molecular flexibility index (Phi) is 4.32. The fourth-order valence-corrected chi connectivity index (χ4v) is 2.92. The maximum Gasteiger partial charge on any atom is 0.269 e. The molecule has 5 nitrogen and oxygen atoms in total. The first kappa shape index (κ1) is 14.5. The molecule has 114 valence electrons. The molecule has 1 heterocycles. The first-order chi connectivity index (χ1) is 10.7. The molecule has 5 heteroatoms. The van der Waals surface area contributed by atoms with Crippen molar-refractivity contribution < 1.29 is 4.92 Å². The molecular formula is C17H19N3O2. The molecule has 0 amide bonds. The molecule has 0 atom stereocenters. The minimum atomic E-state index is -0.405. The van der Waals surface area contributed by atoms with Crippen LogP contribution in [-0.4, -0.2) is 15.7 Å². The molecular weight excluding hydrogens is 278 g/mol. The topological polar surface area (TPSA) is 60.4 Å². The number of nitro benzene ring substituents is 1. The lowest BCUT2D eigenvalue weighted by Crippen LogP contribution is -2.10. The van der Waals surface area contributed by atoms with Crippen LogP contribution in [0.5, 0.6) is 0 Å². The standard InChI is InChI=1S/C17H19N3O2/c21-20(22)17-8-6-15(7-9-17)18-12-14-10-11-19(13-14)16-4-2-1-3-5-16/h6-13,16H,1-5H2. The van der Waals surface area contributed by atoms with Gasteiger partial charge in [0.1, 0.15) is 0 Å². The third-order valence-corrected chi connectivity index (χ3v) is 4.16. The van der Waals surface area contributed by atoms with Crippen molar-refractivity contribution in [2.75, 3.05) is 0 Å². The SMILES string of the molecule is O=[N+]([O-])c1ccc(N=Cc2ccn(C3CCCCC3)c2)cc1. The van der Waals surface area contributed by atoms with Gasteiger partial charge in [-0.1, -0.05) is 19.3 Å². The molecule has 0 spiro atoms. The van der Waals surface area contributed by atoms with E-state index >= 15 is 0 Å². The van der Waals surface area contributed by atoms with Crippen molar-refractivity contribution in [3.8, 4) is 0 Å². The van der Waals surface area contributed by atoms with Crippen LogP contribution in [0.15, 0.2) is 47.7 Å². The number of nitro groups is 1. The minimum absolute atomic E-state index is 0.0856. The summed E-state index contributed by atoms with van der Waals surface area (Å²) in [5.74, 6) is 0. The Balaban J connectivity index is 1.67. The Labute approximate surface area is 129 Å². The van der Waals surface area contributed by atoms with Crippen molar-refractivity contribution in [3.05, 3.63) is 58.4 Å². The Morgan fingerprint density at radius 2 is 1.86 bits per heavy atom. The van der Waals surface area contributed by atoms with Gasteiger partial charge < -0.3 is 4.57 Å². The predicted octanol–water partition coefficient (Wildman–Crippen LogP) is 4.65. The summed E-state index contributed by atoms with van der Waals surface area (Å²) in [7, 11) is 0. The maximum absolute atomic E-state index is 10.6. The second-order valence-corrected chi connectivity index (χ2v) is 5.72. The molecule has 1 aromatic heterocycles. The second kappa shape index (κ2) is 6.56. The van der Waals surface area contributed by atoms with Gasteiger partial charge in [-0.15, -0.1) is 0 Å². The Morgan fingerprint density at radius 3 is 2.55 bits per heavy atom. The summed E-state index contributed by atoms with van der Waals surface area (Å²) in [4.78, 5) is 14.6. The van der Waals surface area contributed by atoms with Crippen LogP contribution in [-0.2, 0) is 0 Å². The molecule has 2 aromatic rings. The lowest BCUT2D eigenvalue weighted by Gasteiger charge is -2.23. The second-order valence-electron chi connectivity index (χ2n) is 5.72. The number of non-ortho nitro benzene ring substituents is 1. The van der Waals surface area contributed by atoms with E-state index in [0.29, 0.717) is 6.04 Å². The highest BCUT2D eigenvalue weighted by Crippen LogP contribution is 2.28. The van der Waals surface area contributed by atoms with E-state index in [2.05, 4.69) is 28.0 Å². The Bertz CT molecular complexity index is 667.